The molecule has 1 amide bonds. The quantitative estimate of drug-likeness (QED) is 0.303. The van der Waals surface area contributed by atoms with Crippen LogP contribution in [0.25, 0.3) is 22.4 Å². The topological polar surface area (TPSA) is 92.9 Å². The number of benzene rings is 3. The fourth-order valence-electron chi connectivity index (χ4n) is 3.79. The third kappa shape index (κ3) is 5.20. The van der Waals surface area contributed by atoms with Crippen molar-refractivity contribution in [3.05, 3.63) is 89.1 Å². The number of hydrogen-bond acceptors (Lipinski definition) is 5. The van der Waals surface area contributed by atoms with E-state index >= 15 is 0 Å². The molecule has 0 spiro atoms. The summed E-state index contributed by atoms with van der Waals surface area (Å²) in [5, 5.41) is 13.6. The second kappa shape index (κ2) is 10.4. The number of ether oxygens (including phenoxy) is 1. The summed E-state index contributed by atoms with van der Waals surface area (Å²) in [7, 11) is 0. The largest absolute Gasteiger partial charge is 0.481 e. The van der Waals surface area contributed by atoms with Gasteiger partial charge in [0.25, 0.3) is 0 Å². The average Bonchev–Trinajstić information content (AvgIpc) is 3.22. The van der Waals surface area contributed by atoms with Crippen molar-refractivity contribution in [2.45, 2.75) is 20.3 Å². The molecule has 4 rings (SSSR count). The number of para-hydroxylation sites is 1. The van der Waals surface area contributed by atoms with Gasteiger partial charge in [-0.2, -0.15) is 0 Å². The Morgan fingerprint density at radius 1 is 1.00 bits per heavy atom. The van der Waals surface area contributed by atoms with Gasteiger partial charge in [0.15, 0.2) is 5.76 Å². The third-order valence-electron chi connectivity index (χ3n) is 5.38. The van der Waals surface area contributed by atoms with Crippen LogP contribution >= 0.6 is 11.6 Å². The van der Waals surface area contributed by atoms with Gasteiger partial charge in [0.1, 0.15) is 11.4 Å². The monoisotopic (exact) mass is 490 g/mol. The lowest BCUT2D eigenvalue weighted by atomic mass is 9.99. The molecule has 4 aromatic rings. The highest BCUT2D eigenvalue weighted by atomic mass is 35.5. The SMILES string of the molecule is CCOC(=O)N(c1ccccc1Cl)c1c(-c2cccc(-c3ccc(CC(=O)O)cc3)c2)noc1C. The van der Waals surface area contributed by atoms with Gasteiger partial charge in [0.05, 0.1) is 23.7 Å². The van der Waals surface area contributed by atoms with Crippen molar-refractivity contribution in [3.8, 4) is 22.4 Å². The maximum absolute atomic E-state index is 13.1. The van der Waals surface area contributed by atoms with Crippen molar-refractivity contribution in [1.82, 2.24) is 5.16 Å². The summed E-state index contributed by atoms with van der Waals surface area (Å²) in [6.07, 6.45) is -0.633. The summed E-state index contributed by atoms with van der Waals surface area (Å²) >= 11 is 6.44. The molecule has 0 fully saturated rings. The van der Waals surface area contributed by atoms with E-state index < -0.39 is 12.1 Å². The Morgan fingerprint density at radius 2 is 1.71 bits per heavy atom. The highest BCUT2D eigenvalue weighted by Crippen LogP contribution is 2.41. The third-order valence-corrected chi connectivity index (χ3v) is 5.70. The van der Waals surface area contributed by atoms with Crippen LogP contribution in [0.1, 0.15) is 18.2 Å². The lowest BCUT2D eigenvalue weighted by Gasteiger charge is -2.23. The summed E-state index contributed by atoms with van der Waals surface area (Å²) < 4.78 is 10.9. The molecule has 0 unspecified atom stereocenters. The summed E-state index contributed by atoms with van der Waals surface area (Å²) in [4.78, 5) is 25.4. The predicted molar refractivity (Wildman–Crippen MR) is 134 cm³/mol. The van der Waals surface area contributed by atoms with Gasteiger partial charge >= 0.3 is 12.1 Å². The maximum Gasteiger partial charge on any atom is 0.419 e. The molecular weight excluding hydrogens is 468 g/mol. The molecule has 0 atom stereocenters. The van der Waals surface area contributed by atoms with Crippen LogP contribution in [0.15, 0.2) is 77.3 Å². The number of anilines is 2. The van der Waals surface area contributed by atoms with Crippen LogP contribution in [-0.4, -0.2) is 28.9 Å². The molecule has 0 radical (unpaired) electrons. The number of aromatic nitrogens is 1. The van der Waals surface area contributed by atoms with Crippen molar-refractivity contribution < 1.29 is 24.0 Å². The number of carbonyl (C=O) groups excluding carboxylic acids is 1. The van der Waals surface area contributed by atoms with Gasteiger partial charge in [-0.3, -0.25) is 4.79 Å². The Morgan fingerprint density at radius 3 is 2.40 bits per heavy atom. The lowest BCUT2D eigenvalue weighted by molar-refractivity contribution is -0.136. The molecule has 0 aliphatic heterocycles. The number of carbonyl (C=O) groups is 2. The van der Waals surface area contributed by atoms with E-state index in [0.717, 1.165) is 22.3 Å². The van der Waals surface area contributed by atoms with Gasteiger partial charge in [0.2, 0.25) is 0 Å². The minimum Gasteiger partial charge on any atom is -0.481 e. The van der Waals surface area contributed by atoms with Gasteiger partial charge < -0.3 is 14.4 Å². The molecule has 0 aliphatic carbocycles. The summed E-state index contributed by atoms with van der Waals surface area (Å²) in [6, 6.07) is 22.0. The van der Waals surface area contributed by atoms with E-state index in [9.17, 15) is 9.59 Å². The van der Waals surface area contributed by atoms with Crippen molar-refractivity contribution >= 4 is 35.0 Å². The van der Waals surface area contributed by atoms with E-state index in [4.69, 9.17) is 26.0 Å². The molecule has 3 aromatic carbocycles. The standard InChI is InChI=1S/C27H23ClN2O5/c1-3-34-27(33)30(23-10-5-4-9-22(23)28)26-17(2)35-29-25(26)21-8-6-7-20(16-21)19-13-11-18(12-14-19)15-24(31)32/h4-14,16H,3,15H2,1-2H3,(H,31,32). The fraction of sp³-hybridized carbons (Fsp3) is 0.148. The fourth-order valence-corrected chi connectivity index (χ4v) is 4.01. The number of halogens is 1. The Kier molecular flexibility index (Phi) is 7.17. The zero-order valence-electron chi connectivity index (χ0n) is 19.2. The number of nitrogens with zero attached hydrogens (tertiary/aromatic N) is 2. The maximum atomic E-state index is 13.1. The Balaban J connectivity index is 1.78. The number of amides is 1. The zero-order chi connectivity index (χ0) is 24.9. The second-order valence-corrected chi connectivity index (χ2v) is 8.18. The first kappa shape index (κ1) is 24.0. The number of carboxylic acid groups (broad SMARTS) is 1. The van der Waals surface area contributed by atoms with Gasteiger partial charge in [0, 0.05) is 5.56 Å². The molecular formula is C27H23ClN2O5. The van der Waals surface area contributed by atoms with E-state index in [2.05, 4.69) is 5.16 Å². The first-order valence-corrected chi connectivity index (χ1v) is 11.4. The highest BCUT2D eigenvalue weighted by molar-refractivity contribution is 6.34. The first-order valence-electron chi connectivity index (χ1n) is 11.0. The molecule has 0 saturated carbocycles. The normalized spacial score (nSPS) is 10.7. The smallest absolute Gasteiger partial charge is 0.419 e. The lowest BCUT2D eigenvalue weighted by Crippen LogP contribution is -2.27. The van der Waals surface area contributed by atoms with Crippen LogP contribution < -0.4 is 4.90 Å². The summed E-state index contributed by atoms with van der Waals surface area (Å²) in [5.74, 6) is -0.449. The van der Waals surface area contributed by atoms with Gasteiger partial charge in [-0.25, -0.2) is 9.69 Å². The predicted octanol–water partition coefficient (Wildman–Crippen LogP) is 6.89. The Hall–Kier alpha value is -4.10. The Bertz CT molecular complexity index is 1360. The van der Waals surface area contributed by atoms with E-state index in [-0.39, 0.29) is 13.0 Å². The number of aryl methyl sites for hydroxylation is 1. The van der Waals surface area contributed by atoms with Crippen molar-refractivity contribution in [2.75, 3.05) is 11.5 Å². The molecule has 8 heteroatoms. The van der Waals surface area contributed by atoms with Gasteiger partial charge in [-0.15, -0.1) is 0 Å². The highest BCUT2D eigenvalue weighted by Gasteiger charge is 2.29. The zero-order valence-corrected chi connectivity index (χ0v) is 20.0. The van der Waals surface area contributed by atoms with Crippen LogP contribution in [0.2, 0.25) is 5.02 Å². The minimum atomic E-state index is -0.877. The van der Waals surface area contributed by atoms with Crippen molar-refractivity contribution in [2.24, 2.45) is 0 Å². The molecule has 0 aliphatic rings. The van der Waals surface area contributed by atoms with Crippen molar-refractivity contribution in [1.29, 1.82) is 0 Å². The van der Waals surface area contributed by atoms with Crippen LogP contribution in [0.5, 0.6) is 0 Å². The van der Waals surface area contributed by atoms with E-state index in [1.54, 1.807) is 50.2 Å². The number of carboxylic acids is 1. The minimum absolute atomic E-state index is 0.0341. The summed E-state index contributed by atoms with van der Waals surface area (Å²) in [6.45, 7) is 3.64. The number of rotatable bonds is 7. The van der Waals surface area contributed by atoms with Crippen LogP contribution in [0, 0.1) is 6.92 Å². The molecule has 7 nitrogen and oxygen atoms in total. The molecule has 1 heterocycles. The van der Waals surface area contributed by atoms with Crippen molar-refractivity contribution in [3.63, 3.8) is 0 Å². The van der Waals surface area contributed by atoms with E-state index in [0.29, 0.717) is 27.9 Å². The molecule has 1 aromatic heterocycles. The first-order chi connectivity index (χ1) is 16.9. The molecule has 0 saturated heterocycles. The van der Waals surface area contributed by atoms with E-state index in [1.165, 1.54) is 4.90 Å². The average molecular weight is 491 g/mol. The van der Waals surface area contributed by atoms with Crippen LogP contribution in [0.3, 0.4) is 0 Å². The Labute approximate surface area is 207 Å². The van der Waals surface area contributed by atoms with Crippen LogP contribution in [0.4, 0.5) is 16.2 Å². The van der Waals surface area contributed by atoms with E-state index in [1.807, 2.05) is 36.4 Å². The summed E-state index contributed by atoms with van der Waals surface area (Å²) in [5.41, 5.74) is 4.60. The molecule has 35 heavy (non-hydrogen) atoms. The second-order valence-electron chi connectivity index (χ2n) is 7.77. The number of hydrogen-bond donors (Lipinski definition) is 1. The molecule has 0 bridgehead atoms. The molecule has 178 valence electrons. The van der Waals surface area contributed by atoms with Gasteiger partial charge in [-0.1, -0.05) is 71.4 Å². The van der Waals surface area contributed by atoms with Gasteiger partial charge in [-0.05, 0) is 48.7 Å². The molecule has 1 N–H and O–H groups in total. The number of aliphatic carboxylic acids is 1. The van der Waals surface area contributed by atoms with Crippen LogP contribution in [-0.2, 0) is 16.0 Å².